The van der Waals surface area contributed by atoms with Crippen LogP contribution in [0.25, 0.3) is 5.69 Å². The number of hydrogen-bond acceptors (Lipinski definition) is 1. The first-order chi connectivity index (χ1) is 9.28. The zero-order valence-electron chi connectivity index (χ0n) is 9.99. The topological polar surface area (TPSA) is 26.9 Å². The van der Waals surface area contributed by atoms with Crippen molar-refractivity contribution in [3.05, 3.63) is 52.5 Å². The van der Waals surface area contributed by atoms with E-state index in [2.05, 4.69) is 0 Å². The van der Waals surface area contributed by atoms with E-state index in [4.69, 9.17) is 0 Å². The van der Waals surface area contributed by atoms with Gasteiger partial charge in [-0.2, -0.15) is 13.2 Å². The Kier molecular flexibility index (Phi) is 3.65. The maximum Gasteiger partial charge on any atom is 0.390 e. The molecular weight excluding hydrogens is 283 g/mol. The van der Waals surface area contributed by atoms with Crippen LogP contribution in [-0.2, 0) is 6.54 Å². The summed E-state index contributed by atoms with van der Waals surface area (Å²) in [7, 11) is 0. The fourth-order valence-corrected chi connectivity index (χ4v) is 1.74. The minimum absolute atomic E-state index is 0.302. The SMILES string of the molecule is O=c1ccn(CCC(F)(F)F)n1-c1ccc(F)cc1F. The van der Waals surface area contributed by atoms with Crippen molar-refractivity contribution in [2.24, 2.45) is 0 Å². The first-order valence-electron chi connectivity index (χ1n) is 5.58. The first-order valence-corrected chi connectivity index (χ1v) is 5.58. The predicted molar refractivity (Wildman–Crippen MR) is 60.6 cm³/mol. The molecule has 0 saturated heterocycles. The van der Waals surface area contributed by atoms with Gasteiger partial charge >= 0.3 is 6.18 Å². The largest absolute Gasteiger partial charge is 0.390 e. The minimum Gasteiger partial charge on any atom is -0.285 e. The normalized spacial score (nSPS) is 11.8. The molecule has 0 fully saturated rings. The third-order valence-electron chi connectivity index (χ3n) is 2.62. The Morgan fingerprint density at radius 2 is 1.80 bits per heavy atom. The number of aromatic nitrogens is 2. The fraction of sp³-hybridized carbons (Fsp3) is 0.250. The highest BCUT2D eigenvalue weighted by molar-refractivity contribution is 5.33. The van der Waals surface area contributed by atoms with Crippen LogP contribution in [0.4, 0.5) is 22.0 Å². The number of alkyl halides is 3. The van der Waals surface area contributed by atoms with Crippen molar-refractivity contribution in [1.29, 1.82) is 0 Å². The minimum atomic E-state index is -4.40. The summed E-state index contributed by atoms with van der Waals surface area (Å²) in [5.74, 6) is -1.87. The van der Waals surface area contributed by atoms with Crippen LogP contribution in [-0.4, -0.2) is 15.5 Å². The number of aryl methyl sites for hydroxylation is 1. The van der Waals surface area contributed by atoms with Crippen LogP contribution in [0, 0.1) is 11.6 Å². The molecule has 0 spiro atoms. The molecule has 0 radical (unpaired) electrons. The Balaban J connectivity index is 2.41. The molecule has 20 heavy (non-hydrogen) atoms. The average Bonchev–Trinajstić information content (AvgIpc) is 2.68. The standard InChI is InChI=1S/C12H9F5N2O/c13-8-1-2-10(9(14)7-8)19-11(20)3-5-18(19)6-4-12(15,16)17/h1-3,5,7H,4,6H2. The Bertz CT molecular complexity index is 671. The molecule has 0 aliphatic rings. The van der Waals surface area contributed by atoms with Crippen LogP contribution >= 0.6 is 0 Å². The summed E-state index contributed by atoms with van der Waals surface area (Å²) in [4.78, 5) is 11.6. The summed E-state index contributed by atoms with van der Waals surface area (Å²) in [5.41, 5.74) is -0.999. The zero-order chi connectivity index (χ0) is 14.9. The number of nitrogens with zero attached hydrogens (tertiary/aromatic N) is 2. The summed E-state index contributed by atoms with van der Waals surface area (Å²) < 4.78 is 64.7. The highest BCUT2D eigenvalue weighted by Gasteiger charge is 2.27. The highest BCUT2D eigenvalue weighted by Crippen LogP contribution is 2.21. The van der Waals surface area contributed by atoms with Gasteiger partial charge in [0, 0.05) is 24.9 Å². The molecule has 0 atom stereocenters. The molecular formula is C12H9F5N2O. The van der Waals surface area contributed by atoms with Gasteiger partial charge in [0.2, 0.25) is 0 Å². The Morgan fingerprint density at radius 3 is 2.40 bits per heavy atom. The third-order valence-corrected chi connectivity index (χ3v) is 2.62. The van der Waals surface area contributed by atoms with Gasteiger partial charge in [-0.3, -0.25) is 9.48 Å². The lowest BCUT2D eigenvalue weighted by molar-refractivity contribution is -0.137. The lowest BCUT2D eigenvalue weighted by Crippen LogP contribution is -2.24. The van der Waals surface area contributed by atoms with Crippen molar-refractivity contribution in [3.8, 4) is 5.69 Å². The van der Waals surface area contributed by atoms with Crippen molar-refractivity contribution < 1.29 is 22.0 Å². The Morgan fingerprint density at radius 1 is 1.10 bits per heavy atom. The van der Waals surface area contributed by atoms with Crippen molar-refractivity contribution in [3.63, 3.8) is 0 Å². The van der Waals surface area contributed by atoms with Crippen molar-refractivity contribution >= 4 is 0 Å². The summed E-state index contributed by atoms with van der Waals surface area (Å²) in [6.45, 7) is -0.539. The molecule has 0 bridgehead atoms. The summed E-state index contributed by atoms with van der Waals surface area (Å²) in [5, 5.41) is 0. The molecule has 0 amide bonds. The smallest absolute Gasteiger partial charge is 0.285 e. The Hall–Kier alpha value is -2.12. The second kappa shape index (κ2) is 5.10. The molecule has 0 saturated carbocycles. The summed E-state index contributed by atoms with van der Waals surface area (Å²) >= 11 is 0. The van der Waals surface area contributed by atoms with E-state index in [0.717, 1.165) is 33.8 Å². The van der Waals surface area contributed by atoms with Gasteiger partial charge in [0.05, 0.1) is 6.42 Å². The van der Waals surface area contributed by atoms with E-state index in [1.807, 2.05) is 0 Å². The molecule has 1 heterocycles. The van der Waals surface area contributed by atoms with Crippen LogP contribution in [0.2, 0.25) is 0 Å². The van der Waals surface area contributed by atoms with E-state index in [-0.39, 0.29) is 5.69 Å². The van der Waals surface area contributed by atoms with Gasteiger partial charge in [-0.25, -0.2) is 13.5 Å². The average molecular weight is 292 g/mol. The van der Waals surface area contributed by atoms with Gasteiger partial charge in [0.15, 0.2) is 5.82 Å². The molecule has 0 aliphatic carbocycles. The summed E-state index contributed by atoms with van der Waals surface area (Å²) in [6.07, 6.45) is -4.44. The highest BCUT2D eigenvalue weighted by atomic mass is 19.4. The van der Waals surface area contributed by atoms with Gasteiger partial charge in [-0.15, -0.1) is 0 Å². The number of hydrogen-bond donors (Lipinski definition) is 0. The lowest BCUT2D eigenvalue weighted by Gasteiger charge is -2.13. The monoisotopic (exact) mass is 292 g/mol. The van der Waals surface area contributed by atoms with Gasteiger partial charge < -0.3 is 0 Å². The van der Waals surface area contributed by atoms with Gasteiger partial charge in [-0.05, 0) is 12.1 Å². The number of rotatable bonds is 3. The van der Waals surface area contributed by atoms with E-state index in [1.165, 1.54) is 0 Å². The van der Waals surface area contributed by atoms with Gasteiger partial charge in [0.25, 0.3) is 5.56 Å². The lowest BCUT2D eigenvalue weighted by atomic mass is 10.3. The quantitative estimate of drug-likeness (QED) is 0.799. The van der Waals surface area contributed by atoms with Crippen LogP contribution < -0.4 is 5.56 Å². The fourth-order valence-electron chi connectivity index (χ4n) is 1.74. The van der Waals surface area contributed by atoms with E-state index in [1.54, 1.807) is 0 Å². The van der Waals surface area contributed by atoms with Crippen LogP contribution in [0.15, 0.2) is 35.3 Å². The molecule has 2 rings (SSSR count). The third kappa shape index (κ3) is 3.06. The number of halogens is 5. The second-order valence-corrected chi connectivity index (χ2v) is 4.09. The molecule has 108 valence electrons. The molecule has 2 aromatic rings. The molecule has 3 nitrogen and oxygen atoms in total. The molecule has 1 aromatic carbocycles. The van der Waals surface area contributed by atoms with Crippen molar-refractivity contribution in [2.75, 3.05) is 0 Å². The number of benzene rings is 1. The van der Waals surface area contributed by atoms with Gasteiger partial charge in [0.1, 0.15) is 11.5 Å². The maximum atomic E-state index is 13.6. The van der Waals surface area contributed by atoms with Crippen LogP contribution in [0.1, 0.15) is 6.42 Å². The molecule has 8 heteroatoms. The predicted octanol–water partition coefficient (Wildman–Crippen LogP) is 2.87. The maximum absolute atomic E-state index is 13.6. The van der Waals surface area contributed by atoms with Crippen LogP contribution in [0.5, 0.6) is 0 Å². The summed E-state index contributed by atoms with van der Waals surface area (Å²) in [6, 6.07) is 3.49. The van der Waals surface area contributed by atoms with E-state index in [0.29, 0.717) is 6.07 Å². The van der Waals surface area contributed by atoms with Gasteiger partial charge in [-0.1, -0.05) is 0 Å². The first kappa shape index (κ1) is 14.3. The Labute approximate surface area is 109 Å². The van der Waals surface area contributed by atoms with Crippen molar-refractivity contribution in [1.82, 2.24) is 9.36 Å². The van der Waals surface area contributed by atoms with E-state index in [9.17, 15) is 26.7 Å². The molecule has 0 aliphatic heterocycles. The molecule has 1 aromatic heterocycles. The molecule has 0 unspecified atom stereocenters. The van der Waals surface area contributed by atoms with Crippen molar-refractivity contribution in [2.45, 2.75) is 19.1 Å². The van der Waals surface area contributed by atoms with E-state index < -0.39 is 36.3 Å². The zero-order valence-corrected chi connectivity index (χ0v) is 9.99. The van der Waals surface area contributed by atoms with E-state index >= 15 is 0 Å². The van der Waals surface area contributed by atoms with Crippen LogP contribution in [0.3, 0.4) is 0 Å². The second-order valence-electron chi connectivity index (χ2n) is 4.09. The molecule has 0 N–H and O–H groups in total.